The smallest absolute Gasteiger partial charge is 0.395 e. The monoisotopic (exact) mass is 469 g/mol. The number of hydrogen-bond acceptors (Lipinski definition) is 4. The molecule has 0 aliphatic carbocycles. The van der Waals surface area contributed by atoms with E-state index in [1.54, 1.807) is 0 Å². The van der Waals surface area contributed by atoms with Gasteiger partial charge in [0.1, 0.15) is 6.04 Å². The van der Waals surface area contributed by atoms with Crippen LogP contribution < -0.4 is 5.32 Å². The molecular formula is C20H21F6NO3S. The van der Waals surface area contributed by atoms with E-state index in [0.29, 0.717) is 11.1 Å². The number of sulfone groups is 1. The van der Waals surface area contributed by atoms with Crippen LogP contribution in [0.3, 0.4) is 0 Å². The first-order chi connectivity index (χ1) is 14.2. The minimum atomic E-state index is -4.80. The first-order valence-corrected chi connectivity index (χ1v) is 11.0. The molecule has 0 saturated carbocycles. The van der Waals surface area contributed by atoms with E-state index in [0.717, 1.165) is 6.26 Å². The molecule has 2 rings (SSSR count). The van der Waals surface area contributed by atoms with E-state index < -0.39 is 53.7 Å². The molecule has 1 unspecified atom stereocenters. The van der Waals surface area contributed by atoms with Crippen LogP contribution in [0.1, 0.15) is 24.4 Å². The second-order valence-electron chi connectivity index (χ2n) is 7.09. The fraction of sp³-hybridized carbons (Fsp3) is 0.400. The lowest BCUT2D eigenvalue weighted by atomic mass is 9.99. The van der Waals surface area contributed by atoms with Crippen LogP contribution in [-0.4, -0.2) is 44.8 Å². The summed E-state index contributed by atoms with van der Waals surface area (Å²) in [5.74, 6) is 0. The Labute approximate surface area is 175 Å². The summed E-state index contributed by atoms with van der Waals surface area (Å²) in [5, 5.41) is 11.3. The van der Waals surface area contributed by atoms with Crippen molar-refractivity contribution in [3.05, 3.63) is 54.1 Å². The normalized spacial score (nSPS) is 15.0. The van der Waals surface area contributed by atoms with Crippen molar-refractivity contribution in [1.29, 1.82) is 0 Å². The van der Waals surface area contributed by atoms with Crippen molar-refractivity contribution < 1.29 is 39.9 Å². The highest BCUT2D eigenvalue weighted by Crippen LogP contribution is 2.35. The Morgan fingerprint density at radius 3 is 1.77 bits per heavy atom. The van der Waals surface area contributed by atoms with Crippen molar-refractivity contribution >= 4 is 9.84 Å². The largest absolute Gasteiger partial charge is 0.407 e. The summed E-state index contributed by atoms with van der Waals surface area (Å²) in [6.07, 6.45) is -10.3. The van der Waals surface area contributed by atoms with Gasteiger partial charge in [0, 0.05) is 18.7 Å². The van der Waals surface area contributed by atoms with E-state index in [-0.39, 0.29) is 10.5 Å². The number of rotatable bonds is 8. The van der Waals surface area contributed by atoms with E-state index in [1.165, 1.54) is 48.5 Å². The van der Waals surface area contributed by atoms with E-state index in [9.17, 15) is 39.9 Å². The molecule has 2 aromatic rings. The highest BCUT2D eigenvalue weighted by molar-refractivity contribution is 7.90. The average Bonchev–Trinajstić information content (AvgIpc) is 2.66. The van der Waals surface area contributed by atoms with Gasteiger partial charge in [-0.1, -0.05) is 36.4 Å². The summed E-state index contributed by atoms with van der Waals surface area (Å²) in [6, 6.07) is 7.30. The molecule has 0 amide bonds. The van der Waals surface area contributed by atoms with Crippen LogP contribution in [0.25, 0.3) is 11.1 Å². The molecule has 2 atom stereocenters. The van der Waals surface area contributed by atoms with Gasteiger partial charge in [0.15, 0.2) is 9.84 Å². The van der Waals surface area contributed by atoms with Crippen LogP contribution in [0.2, 0.25) is 0 Å². The number of aliphatic hydroxyl groups is 1. The molecule has 0 spiro atoms. The first-order valence-electron chi connectivity index (χ1n) is 9.11. The summed E-state index contributed by atoms with van der Waals surface area (Å²) < 4.78 is 101. The van der Waals surface area contributed by atoms with Crippen LogP contribution >= 0.6 is 0 Å². The number of aliphatic hydroxyl groups excluding tert-OH is 1. The maximum Gasteiger partial charge on any atom is 0.407 e. The highest BCUT2D eigenvalue weighted by Gasteiger charge is 2.42. The number of hydrogen-bond donors (Lipinski definition) is 2. The molecule has 11 heteroatoms. The zero-order valence-corrected chi connectivity index (χ0v) is 17.2. The number of halogens is 6. The summed E-state index contributed by atoms with van der Waals surface area (Å²) in [6.45, 7) is -0.882. The topological polar surface area (TPSA) is 66.4 Å². The fourth-order valence-corrected chi connectivity index (χ4v) is 3.57. The number of benzene rings is 2. The third kappa shape index (κ3) is 7.51. The van der Waals surface area contributed by atoms with Gasteiger partial charge < -0.3 is 5.11 Å². The zero-order valence-electron chi connectivity index (χ0n) is 16.3. The Hall–Kier alpha value is -2.11. The van der Waals surface area contributed by atoms with Gasteiger partial charge in [-0.25, -0.2) is 8.42 Å². The van der Waals surface area contributed by atoms with Crippen molar-refractivity contribution in [2.24, 2.45) is 0 Å². The molecule has 4 nitrogen and oxygen atoms in total. The molecule has 0 heterocycles. The van der Waals surface area contributed by atoms with Gasteiger partial charge in [-0.3, -0.25) is 5.32 Å². The molecule has 0 saturated heterocycles. The number of alkyl halides is 6. The SMILES string of the molecule is CS(=O)(=O)c1ccc(-c2ccc([C@H](NC(CO)CCC(F)(F)F)C(F)(F)F)cc2)cc1. The van der Waals surface area contributed by atoms with Gasteiger partial charge >= 0.3 is 12.4 Å². The van der Waals surface area contributed by atoms with Crippen molar-refractivity contribution in [2.75, 3.05) is 12.9 Å². The minimum Gasteiger partial charge on any atom is -0.395 e. The third-order valence-corrected chi connectivity index (χ3v) is 5.71. The van der Waals surface area contributed by atoms with E-state index >= 15 is 0 Å². The second kappa shape index (κ2) is 9.58. The maximum atomic E-state index is 13.5. The van der Waals surface area contributed by atoms with Crippen molar-refractivity contribution in [3.63, 3.8) is 0 Å². The standard InChI is InChI=1S/C20H21F6NO3S/c1-31(29,30)17-8-6-14(7-9-17)13-2-4-15(5-3-13)18(20(24,25)26)27-16(12-28)10-11-19(21,22)23/h2-9,16,18,27-28H,10-12H2,1H3/t16?,18-/m0/s1. The molecule has 0 aliphatic heterocycles. The van der Waals surface area contributed by atoms with E-state index in [2.05, 4.69) is 5.32 Å². The van der Waals surface area contributed by atoms with Crippen LogP contribution in [0.5, 0.6) is 0 Å². The van der Waals surface area contributed by atoms with E-state index in [1.807, 2.05) is 0 Å². The third-order valence-electron chi connectivity index (χ3n) is 4.59. The van der Waals surface area contributed by atoms with Gasteiger partial charge in [0.25, 0.3) is 0 Å². The minimum absolute atomic E-state index is 0.100. The van der Waals surface area contributed by atoms with Gasteiger partial charge in [0.05, 0.1) is 11.5 Å². The average molecular weight is 469 g/mol. The summed E-state index contributed by atoms with van der Waals surface area (Å²) in [5.41, 5.74) is 0.879. The summed E-state index contributed by atoms with van der Waals surface area (Å²) in [4.78, 5) is 0.100. The predicted octanol–water partition coefficient (Wildman–Crippen LogP) is 4.65. The molecule has 0 aliphatic rings. The van der Waals surface area contributed by atoms with Crippen LogP contribution in [0, 0.1) is 0 Å². The van der Waals surface area contributed by atoms with Gasteiger partial charge in [-0.05, 0) is 35.2 Å². The zero-order chi connectivity index (χ0) is 23.4. The lowest BCUT2D eigenvalue weighted by molar-refractivity contribution is -0.162. The Kier molecular flexibility index (Phi) is 7.77. The Bertz CT molecular complexity index is 954. The van der Waals surface area contributed by atoms with Crippen molar-refractivity contribution in [1.82, 2.24) is 5.32 Å². The molecule has 0 aromatic heterocycles. The summed E-state index contributed by atoms with van der Waals surface area (Å²) in [7, 11) is -3.39. The molecule has 0 bridgehead atoms. The van der Waals surface area contributed by atoms with Crippen molar-refractivity contribution in [2.45, 2.75) is 42.2 Å². The molecule has 2 aromatic carbocycles. The highest BCUT2D eigenvalue weighted by atomic mass is 32.2. The Morgan fingerprint density at radius 2 is 1.39 bits per heavy atom. The molecule has 0 radical (unpaired) electrons. The van der Waals surface area contributed by atoms with Gasteiger partial charge in [-0.2, -0.15) is 26.3 Å². The summed E-state index contributed by atoms with van der Waals surface area (Å²) >= 11 is 0. The Morgan fingerprint density at radius 1 is 0.903 bits per heavy atom. The second-order valence-corrected chi connectivity index (χ2v) is 9.11. The molecule has 172 valence electrons. The number of nitrogens with one attached hydrogen (secondary N) is 1. The van der Waals surface area contributed by atoms with Gasteiger partial charge in [-0.15, -0.1) is 0 Å². The molecule has 0 fully saturated rings. The molecule has 31 heavy (non-hydrogen) atoms. The molecular weight excluding hydrogens is 448 g/mol. The van der Waals surface area contributed by atoms with Gasteiger partial charge in [0.2, 0.25) is 0 Å². The lowest BCUT2D eigenvalue weighted by Gasteiger charge is -2.27. The van der Waals surface area contributed by atoms with Crippen LogP contribution in [-0.2, 0) is 9.84 Å². The van der Waals surface area contributed by atoms with Crippen LogP contribution in [0.4, 0.5) is 26.3 Å². The molecule has 2 N–H and O–H groups in total. The van der Waals surface area contributed by atoms with Crippen molar-refractivity contribution in [3.8, 4) is 11.1 Å². The Balaban J connectivity index is 2.23. The fourth-order valence-electron chi connectivity index (χ4n) is 2.94. The quantitative estimate of drug-likeness (QED) is 0.553. The lowest BCUT2D eigenvalue weighted by Crippen LogP contribution is -2.43. The van der Waals surface area contributed by atoms with E-state index in [4.69, 9.17) is 0 Å². The predicted molar refractivity (Wildman–Crippen MR) is 103 cm³/mol. The van der Waals surface area contributed by atoms with Crippen LogP contribution in [0.15, 0.2) is 53.4 Å². The first kappa shape index (κ1) is 25.2. The maximum absolute atomic E-state index is 13.5.